The van der Waals surface area contributed by atoms with Crippen molar-refractivity contribution in [3.63, 3.8) is 0 Å². The Labute approximate surface area is 165 Å². The Bertz CT molecular complexity index is 934. The van der Waals surface area contributed by atoms with E-state index in [1.165, 1.54) is 17.4 Å². The van der Waals surface area contributed by atoms with E-state index in [4.69, 9.17) is 4.74 Å². The maximum Gasteiger partial charge on any atom is 0.240 e. The van der Waals surface area contributed by atoms with E-state index in [-0.39, 0.29) is 12.5 Å². The molecule has 3 rings (SSSR count). The van der Waals surface area contributed by atoms with Crippen molar-refractivity contribution >= 4 is 22.4 Å². The number of rotatable bonds is 8. The number of anilines is 1. The largest absolute Gasteiger partial charge is 0.492 e. The van der Waals surface area contributed by atoms with Gasteiger partial charge < -0.3 is 10.1 Å². The number of halogens is 2. The molecule has 0 aliphatic rings. The summed E-state index contributed by atoms with van der Waals surface area (Å²) in [6, 6.07) is 13.0. The van der Waals surface area contributed by atoms with Crippen LogP contribution in [0.15, 0.2) is 53.9 Å². The van der Waals surface area contributed by atoms with Crippen LogP contribution in [0.3, 0.4) is 0 Å². The summed E-state index contributed by atoms with van der Waals surface area (Å²) in [5.41, 5.74) is 0.926. The summed E-state index contributed by atoms with van der Waals surface area (Å²) in [6.45, 7) is 1.23. The highest BCUT2D eigenvalue weighted by Gasteiger charge is 2.12. The first-order chi connectivity index (χ1) is 13.5. The number of carbonyl (C=O) groups excluding carboxylic acids is 1. The van der Waals surface area contributed by atoms with Crippen LogP contribution in [0.5, 0.6) is 5.75 Å². The molecule has 0 atom stereocenters. The fourth-order valence-corrected chi connectivity index (χ4v) is 3.17. The van der Waals surface area contributed by atoms with Gasteiger partial charge in [-0.25, -0.2) is 13.8 Å². The van der Waals surface area contributed by atoms with Crippen molar-refractivity contribution in [1.29, 1.82) is 0 Å². The lowest BCUT2D eigenvalue weighted by atomic mass is 10.2. The smallest absolute Gasteiger partial charge is 0.240 e. The molecule has 3 aromatic rings. The van der Waals surface area contributed by atoms with Gasteiger partial charge in [0.15, 0.2) is 16.8 Å². The number of aromatic nitrogens is 1. The minimum Gasteiger partial charge on any atom is -0.492 e. The molecule has 0 aliphatic heterocycles. The standard InChI is InChI=1S/C20H19F2N3O2S/c1-25(9-10-27-15-5-3-2-4-6-15)12-19(26)24-20-23-18(13-28-20)14-7-8-16(21)17(22)11-14/h2-8,11,13H,9-10,12H2,1H3,(H,23,24,26). The molecule has 0 unspecified atom stereocenters. The van der Waals surface area contributed by atoms with Gasteiger partial charge in [-0.3, -0.25) is 9.69 Å². The van der Waals surface area contributed by atoms with Gasteiger partial charge in [-0.1, -0.05) is 18.2 Å². The molecule has 5 nitrogen and oxygen atoms in total. The van der Waals surface area contributed by atoms with E-state index < -0.39 is 11.6 Å². The molecule has 0 aliphatic carbocycles. The first-order valence-electron chi connectivity index (χ1n) is 8.58. The molecule has 0 bridgehead atoms. The van der Waals surface area contributed by atoms with Crippen molar-refractivity contribution in [2.24, 2.45) is 0 Å². The van der Waals surface area contributed by atoms with E-state index >= 15 is 0 Å². The third-order valence-corrected chi connectivity index (χ3v) is 4.62. The van der Waals surface area contributed by atoms with Crippen LogP contribution in [0, 0.1) is 11.6 Å². The molecule has 0 fully saturated rings. The molecule has 2 aromatic carbocycles. The van der Waals surface area contributed by atoms with E-state index in [1.54, 1.807) is 5.38 Å². The zero-order valence-electron chi connectivity index (χ0n) is 15.2. The van der Waals surface area contributed by atoms with E-state index in [2.05, 4.69) is 10.3 Å². The highest BCUT2D eigenvalue weighted by atomic mass is 32.1. The second-order valence-corrected chi connectivity index (χ2v) is 6.97. The first kappa shape index (κ1) is 19.9. The number of para-hydroxylation sites is 1. The molecule has 1 aromatic heterocycles. The van der Waals surface area contributed by atoms with Gasteiger partial charge >= 0.3 is 0 Å². The Hall–Kier alpha value is -2.84. The Morgan fingerprint density at radius 3 is 2.71 bits per heavy atom. The minimum absolute atomic E-state index is 0.179. The second-order valence-electron chi connectivity index (χ2n) is 6.11. The van der Waals surface area contributed by atoms with Gasteiger partial charge in [0.1, 0.15) is 12.4 Å². The highest BCUT2D eigenvalue weighted by molar-refractivity contribution is 7.14. The number of benzene rings is 2. The molecule has 0 spiro atoms. The summed E-state index contributed by atoms with van der Waals surface area (Å²) < 4.78 is 32.0. The predicted octanol–water partition coefficient (Wildman–Crippen LogP) is 4.04. The number of nitrogens with zero attached hydrogens (tertiary/aromatic N) is 2. The summed E-state index contributed by atoms with van der Waals surface area (Å²) >= 11 is 1.22. The molecule has 1 N–H and O–H groups in total. The fourth-order valence-electron chi connectivity index (χ4n) is 2.44. The molecule has 28 heavy (non-hydrogen) atoms. The monoisotopic (exact) mass is 403 g/mol. The lowest BCUT2D eigenvalue weighted by Gasteiger charge is -2.16. The Morgan fingerprint density at radius 1 is 1.18 bits per heavy atom. The van der Waals surface area contributed by atoms with Gasteiger partial charge in [-0.2, -0.15) is 0 Å². The predicted molar refractivity (Wildman–Crippen MR) is 106 cm³/mol. The van der Waals surface area contributed by atoms with Crippen LogP contribution in [0.25, 0.3) is 11.3 Å². The molecule has 1 heterocycles. The zero-order chi connectivity index (χ0) is 19.9. The number of nitrogens with one attached hydrogen (secondary N) is 1. The maximum absolute atomic E-state index is 13.4. The van der Waals surface area contributed by atoms with Crippen LogP contribution in [0.1, 0.15) is 0 Å². The summed E-state index contributed by atoms with van der Waals surface area (Å²) in [4.78, 5) is 18.3. The summed E-state index contributed by atoms with van der Waals surface area (Å²) in [6.07, 6.45) is 0. The van der Waals surface area contributed by atoms with E-state index in [1.807, 2.05) is 42.3 Å². The molecule has 0 saturated heterocycles. The number of likely N-dealkylation sites (N-methyl/N-ethyl adjacent to an activating group) is 1. The molecular formula is C20H19F2N3O2S. The zero-order valence-corrected chi connectivity index (χ0v) is 16.0. The number of ether oxygens (including phenoxy) is 1. The average molecular weight is 403 g/mol. The van der Waals surface area contributed by atoms with Crippen LogP contribution in [-0.4, -0.2) is 42.5 Å². The number of hydrogen-bond acceptors (Lipinski definition) is 5. The number of hydrogen-bond donors (Lipinski definition) is 1. The first-order valence-corrected chi connectivity index (χ1v) is 9.46. The quantitative estimate of drug-likeness (QED) is 0.617. The van der Waals surface area contributed by atoms with Gasteiger partial charge in [0.25, 0.3) is 0 Å². The molecular weight excluding hydrogens is 384 g/mol. The summed E-state index contributed by atoms with van der Waals surface area (Å²) in [5, 5.41) is 4.80. The summed E-state index contributed by atoms with van der Waals surface area (Å²) in [5.74, 6) is -1.27. The second kappa shape index (κ2) is 9.38. The molecule has 1 amide bonds. The van der Waals surface area contributed by atoms with Crippen molar-refractivity contribution in [3.8, 4) is 17.0 Å². The maximum atomic E-state index is 13.4. The van der Waals surface area contributed by atoms with E-state index in [0.29, 0.717) is 29.5 Å². The van der Waals surface area contributed by atoms with Crippen LogP contribution >= 0.6 is 11.3 Å². The van der Waals surface area contributed by atoms with Crippen molar-refractivity contribution in [3.05, 3.63) is 65.5 Å². The number of carbonyl (C=O) groups is 1. The lowest BCUT2D eigenvalue weighted by Crippen LogP contribution is -2.33. The van der Waals surface area contributed by atoms with E-state index in [0.717, 1.165) is 17.9 Å². The van der Waals surface area contributed by atoms with Crippen molar-refractivity contribution in [1.82, 2.24) is 9.88 Å². The van der Waals surface area contributed by atoms with Crippen molar-refractivity contribution in [2.45, 2.75) is 0 Å². The number of amides is 1. The van der Waals surface area contributed by atoms with Gasteiger partial charge in [0, 0.05) is 17.5 Å². The normalized spacial score (nSPS) is 10.9. The van der Waals surface area contributed by atoms with Crippen LogP contribution in [0.2, 0.25) is 0 Å². The van der Waals surface area contributed by atoms with Crippen molar-refractivity contribution < 1.29 is 18.3 Å². The van der Waals surface area contributed by atoms with Gasteiger partial charge in [-0.05, 0) is 37.4 Å². The Morgan fingerprint density at radius 2 is 1.96 bits per heavy atom. The lowest BCUT2D eigenvalue weighted by molar-refractivity contribution is -0.117. The SMILES string of the molecule is CN(CCOc1ccccc1)CC(=O)Nc1nc(-c2ccc(F)c(F)c2)cs1. The van der Waals surface area contributed by atoms with Gasteiger partial charge in [0.2, 0.25) is 5.91 Å². The van der Waals surface area contributed by atoms with E-state index in [9.17, 15) is 13.6 Å². The minimum atomic E-state index is -0.935. The molecule has 0 radical (unpaired) electrons. The van der Waals surface area contributed by atoms with Crippen molar-refractivity contribution in [2.75, 3.05) is 32.1 Å². The van der Waals surface area contributed by atoms with Crippen LogP contribution in [0.4, 0.5) is 13.9 Å². The fraction of sp³-hybridized carbons (Fsp3) is 0.200. The third kappa shape index (κ3) is 5.58. The topological polar surface area (TPSA) is 54.5 Å². The molecule has 0 saturated carbocycles. The molecule has 146 valence electrons. The number of thiazole rings is 1. The Kier molecular flexibility index (Phi) is 6.67. The average Bonchev–Trinajstić information content (AvgIpc) is 3.13. The third-order valence-electron chi connectivity index (χ3n) is 3.86. The Balaban J connectivity index is 1.46. The highest BCUT2D eigenvalue weighted by Crippen LogP contribution is 2.26. The van der Waals surface area contributed by atoms with Gasteiger partial charge in [-0.15, -0.1) is 11.3 Å². The summed E-state index contributed by atoms with van der Waals surface area (Å²) in [7, 11) is 1.82. The van der Waals surface area contributed by atoms with Crippen LogP contribution in [-0.2, 0) is 4.79 Å². The van der Waals surface area contributed by atoms with Crippen LogP contribution < -0.4 is 10.1 Å². The van der Waals surface area contributed by atoms with Gasteiger partial charge in [0.05, 0.1) is 12.2 Å². The molecule has 8 heteroatoms.